The van der Waals surface area contributed by atoms with E-state index in [-0.39, 0.29) is 5.56 Å². The van der Waals surface area contributed by atoms with Gasteiger partial charge in [0.1, 0.15) is 0 Å². The molecular weight excluding hydrogens is 272 g/mol. The summed E-state index contributed by atoms with van der Waals surface area (Å²) in [5.41, 5.74) is 2.54. The van der Waals surface area contributed by atoms with Crippen molar-refractivity contribution in [2.75, 3.05) is 0 Å². The number of fused-ring (bicyclic) bond motifs is 1. The van der Waals surface area contributed by atoms with Gasteiger partial charge >= 0.3 is 0 Å². The molecule has 2 aromatic rings. The molecule has 1 aliphatic heterocycles. The molecule has 3 rings (SSSR count). The first-order valence-corrected chi connectivity index (χ1v) is 5.71. The van der Waals surface area contributed by atoms with Gasteiger partial charge in [0.25, 0.3) is 5.56 Å². The Bertz CT molecular complexity index is 583. The number of ether oxygens (including phenoxy) is 1. The van der Waals surface area contributed by atoms with Gasteiger partial charge in [-0.15, -0.1) is 0 Å². The Morgan fingerprint density at radius 3 is 2.75 bits per heavy atom. The number of rotatable bonds is 1. The van der Waals surface area contributed by atoms with Crippen LogP contribution in [0.15, 0.2) is 33.5 Å². The number of nitrogens with one attached hydrogen (secondary N) is 1. The molecule has 0 saturated heterocycles. The van der Waals surface area contributed by atoms with Crippen LogP contribution in [0.2, 0.25) is 0 Å². The molecule has 0 spiro atoms. The van der Waals surface area contributed by atoms with Crippen molar-refractivity contribution in [3.05, 3.63) is 50.3 Å². The molecule has 16 heavy (non-hydrogen) atoms. The summed E-state index contributed by atoms with van der Waals surface area (Å²) in [4.78, 5) is 11.6. The molecule has 0 atom stereocenters. The number of benzene rings is 1. The largest absolute Gasteiger partial charge is 0.370 e. The molecule has 0 radical (unpaired) electrons. The van der Waals surface area contributed by atoms with Crippen LogP contribution in [0.5, 0.6) is 0 Å². The first kappa shape index (κ1) is 9.86. The highest BCUT2D eigenvalue weighted by atomic mass is 79.9. The Morgan fingerprint density at radius 1 is 1.25 bits per heavy atom. The number of aromatic nitrogens is 2. The lowest BCUT2D eigenvalue weighted by atomic mass is 10.3. The minimum atomic E-state index is -0.0598. The second-order valence-corrected chi connectivity index (χ2v) is 4.59. The van der Waals surface area contributed by atoms with Crippen LogP contribution < -0.4 is 5.56 Å². The molecule has 4 nitrogen and oxygen atoms in total. The van der Waals surface area contributed by atoms with Crippen LogP contribution in [0.1, 0.15) is 11.3 Å². The fourth-order valence-corrected chi connectivity index (χ4v) is 2.13. The average Bonchev–Trinajstić information content (AvgIpc) is 2.84. The fourth-order valence-electron chi connectivity index (χ4n) is 1.86. The summed E-state index contributed by atoms with van der Waals surface area (Å²) in [7, 11) is 0. The van der Waals surface area contributed by atoms with Crippen LogP contribution in [0.25, 0.3) is 5.69 Å². The van der Waals surface area contributed by atoms with Crippen LogP contribution >= 0.6 is 15.9 Å². The smallest absolute Gasteiger partial charge is 0.270 e. The molecule has 1 aliphatic rings. The third kappa shape index (κ3) is 1.44. The van der Waals surface area contributed by atoms with E-state index >= 15 is 0 Å². The number of halogens is 1. The van der Waals surface area contributed by atoms with E-state index in [2.05, 4.69) is 21.0 Å². The third-order valence-corrected chi connectivity index (χ3v) is 3.20. The molecule has 0 amide bonds. The van der Waals surface area contributed by atoms with E-state index in [1.165, 1.54) is 0 Å². The zero-order valence-corrected chi connectivity index (χ0v) is 9.95. The molecule has 82 valence electrons. The Kier molecular flexibility index (Phi) is 2.22. The van der Waals surface area contributed by atoms with E-state index in [9.17, 15) is 4.79 Å². The highest BCUT2D eigenvalue weighted by molar-refractivity contribution is 9.10. The summed E-state index contributed by atoms with van der Waals surface area (Å²) in [6, 6.07) is 7.77. The maximum atomic E-state index is 11.6. The Hall–Kier alpha value is -1.33. The van der Waals surface area contributed by atoms with Gasteiger partial charge in [0, 0.05) is 4.47 Å². The number of hydrogen-bond acceptors (Lipinski definition) is 2. The van der Waals surface area contributed by atoms with Crippen molar-refractivity contribution in [2.45, 2.75) is 13.2 Å². The molecule has 0 unspecified atom stereocenters. The summed E-state index contributed by atoms with van der Waals surface area (Å²) in [5, 5.41) is 2.82. The molecule has 2 heterocycles. The van der Waals surface area contributed by atoms with Gasteiger partial charge in [-0.2, -0.15) is 0 Å². The number of nitrogens with zero attached hydrogens (tertiary/aromatic N) is 1. The topological polar surface area (TPSA) is 47.0 Å². The number of aromatic amines is 1. The summed E-state index contributed by atoms with van der Waals surface area (Å²) in [5.74, 6) is 0. The predicted octanol–water partition coefficient (Wildman–Crippen LogP) is 1.96. The van der Waals surface area contributed by atoms with Crippen molar-refractivity contribution < 1.29 is 4.74 Å². The first-order valence-electron chi connectivity index (χ1n) is 4.92. The van der Waals surface area contributed by atoms with Crippen LogP contribution in [0.3, 0.4) is 0 Å². The van der Waals surface area contributed by atoms with Gasteiger partial charge in [-0.25, -0.2) is 0 Å². The molecule has 5 heteroatoms. The maximum Gasteiger partial charge on any atom is 0.270 e. The predicted molar refractivity (Wildman–Crippen MR) is 62.6 cm³/mol. The number of H-pyrrole nitrogens is 1. The molecule has 0 bridgehead atoms. The SMILES string of the molecule is O=c1[nH]n(-c2ccc(Br)cc2)c2c1COC2. The van der Waals surface area contributed by atoms with Crippen LogP contribution in [-0.4, -0.2) is 9.78 Å². The summed E-state index contributed by atoms with van der Waals surface area (Å²) in [6.45, 7) is 0.901. The van der Waals surface area contributed by atoms with Gasteiger partial charge in [0.15, 0.2) is 0 Å². The zero-order chi connectivity index (χ0) is 11.1. The minimum absolute atomic E-state index is 0.0598. The Labute approximate surface area is 100.0 Å². The average molecular weight is 281 g/mol. The molecule has 0 saturated carbocycles. The van der Waals surface area contributed by atoms with Crippen molar-refractivity contribution >= 4 is 15.9 Å². The van der Waals surface area contributed by atoms with Crippen LogP contribution in [0.4, 0.5) is 0 Å². The summed E-state index contributed by atoms with van der Waals surface area (Å²) >= 11 is 3.38. The lowest BCUT2D eigenvalue weighted by Crippen LogP contribution is -2.08. The zero-order valence-electron chi connectivity index (χ0n) is 8.37. The van der Waals surface area contributed by atoms with Crippen molar-refractivity contribution in [3.63, 3.8) is 0 Å². The third-order valence-electron chi connectivity index (χ3n) is 2.68. The van der Waals surface area contributed by atoms with Crippen molar-refractivity contribution in [1.82, 2.24) is 9.78 Å². The Morgan fingerprint density at radius 2 is 2.00 bits per heavy atom. The van der Waals surface area contributed by atoms with Gasteiger partial charge in [0.2, 0.25) is 0 Å². The molecule has 0 fully saturated rings. The van der Waals surface area contributed by atoms with E-state index < -0.39 is 0 Å². The van der Waals surface area contributed by atoms with Gasteiger partial charge in [-0.05, 0) is 24.3 Å². The minimum Gasteiger partial charge on any atom is -0.370 e. The van der Waals surface area contributed by atoms with Crippen molar-refractivity contribution in [3.8, 4) is 5.69 Å². The lowest BCUT2D eigenvalue weighted by molar-refractivity contribution is 0.130. The van der Waals surface area contributed by atoms with Crippen LogP contribution in [-0.2, 0) is 18.0 Å². The van der Waals surface area contributed by atoms with E-state index in [4.69, 9.17) is 4.74 Å². The van der Waals surface area contributed by atoms with Gasteiger partial charge in [-0.3, -0.25) is 14.6 Å². The van der Waals surface area contributed by atoms with Gasteiger partial charge in [-0.1, -0.05) is 15.9 Å². The van der Waals surface area contributed by atoms with E-state index in [0.29, 0.717) is 13.2 Å². The highest BCUT2D eigenvalue weighted by Crippen LogP contribution is 2.20. The lowest BCUT2D eigenvalue weighted by Gasteiger charge is -2.05. The van der Waals surface area contributed by atoms with E-state index in [0.717, 1.165) is 21.4 Å². The quantitative estimate of drug-likeness (QED) is 0.868. The molecule has 1 aromatic carbocycles. The highest BCUT2D eigenvalue weighted by Gasteiger charge is 2.21. The first-order chi connectivity index (χ1) is 7.75. The fraction of sp³-hybridized carbons (Fsp3) is 0.182. The second kappa shape index (κ2) is 3.61. The van der Waals surface area contributed by atoms with E-state index in [1.807, 2.05) is 24.3 Å². The van der Waals surface area contributed by atoms with E-state index in [1.54, 1.807) is 4.68 Å². The number of hydrogen-bond donors (Lipinski definition) is 1. The summed E-state index contributed by atoms with van der Waals surface area (Å²) < 4.78 is 8.07. The second-order valence-electron chi connectivity index (χ2n) is 3.67. The molecular formula is C11H9BrN2O2. The maximum absolute atomic E-state index is 11.6. The molecule has 0 aliphatic carbocycles. The molecule has 1 N–H and O–H groups in total. The van der Waals surface area contributed by atoms with Gasteiger partial charge < -0.3 is 4.74 Å². The van der Waals surface area contributed by atoms with Crippen LogP contribution in [0, 0.1) is 0 Å². The van der Waals surface area contributed by atoms with Crippen molar-refractivity contribution in [2.24, 2.45) is 0 Å². The molecule has 1 aromatic heterocycles. The monoisotopic (exact) mass is 280 g/mol. The van der Waals surface area contributed by atoms with Gasteiger partial charge in [0.05, 0.1) is 30.2 Å². The standard InChI is InChI=1S/C11H9BrN2O2/c12-7-1-3-8(4-2-7)14-10-6-16-5-9(10)11(15)13-14/h1-4H,5-6H2,(H,13,15). The summed E-state index contributed by atoms with van der Waals surface area (Å²) in [6.07, 6.45) is 0. The normalized spacial score (nSPS) is 14.1. The van der Waals surface area contributed by atoms with Crippen molar-refractivity contribution in [1.29, 1.82) is 0 Å². The Balaban J connectivity index is 2.17.